The highest BCUT2D eigenvalue weighted by Crippen LogP contribution is 2.49. The molecule has 1 aromatic carbocycles. The quantitative estimate of drug-likeness (QED) is 0.0517. The van der Waals surface area contributed by atoms with Crippen LogP contribution >= 0.6 is 7.60 Å². The first-order valence-electron chi connectivity index (χ1n) is 18.2. The maximum absolute atomic E-state index is 13.7. The van der Waals surface area contributed by atoms with E-state index in [9.17, 15) is 9.67 Å². The third-order valence-corrected chi connectivity index (χ3v) is 9.99. The summed E-state index contributed by atoms with van der Waals surface area (Å²) in [5, 5.41) is 10.00. The largest absolute Gasteiger partial charge is 0.394 e. The number of nitrogens with two attached hydrogens (primary N) is 1. The molecule has 0 amide bonds. The number of unbranched alkanes of at least 4 members (excludes halogenated alkanes) is 15. The number of hydrogen-bond acceptors (Lipinski definition) is 10. The number of aliphatic hydroxyl groups excluding tert-OH is 1. The first-order valence-corrected chi connectivity index (χ1v) is 19.9. The van der Waals surface area contributed by atoms with E-state index in [0.29, 0.717) is 24.4 Å². The number of aromatic nitrogens is 4. The molecule has 0 saturated carbocycles. The molecule has 0 bridgehead atoms. The Morgan fingerprint density at radius 3 is 2.04 bits per heavy atom. The molecule has 12 heteroatoms. The van der Waals surface area contributed by atoms with Gasteiger partial charge in [-0.05, 0) is 12.0 Å². The number of benzene rings is 1. The van der Waals surface area contributed by atoms with Crippen molar-refractivity contribution in [1.82, 2.24) is 19.5 Å². The molecule has 2 heterocycles. The fraction of sp³-hybridized carbons (Fsp3) is 0.694. The Morgan fingerprint density at radius 1 is 0.792 bits per heavy atom. The maximum Gasteiger partial charge on any atom is 0.356 e. The van der Waals surface area contributed by atoms with Gasteiger partial charge in [-0.2, -0.15) is 0 Å². The lowest BCUT2D eigenvalue weighted by molar-refractivity contribution is 0.0124. The van der Waals surface area contributed by atoms with Crippen molar-refractivity contribution >= 4 is 24.6 Å². The van der Waals surface area contributed by atoms with Crippen LogP contribution in [-0.2, 0) is 36.2 Å². The number of aliphatic hydroxyl groups is 1. The Morgan fingerprint density at radius 2 is 1.42 bits per heavy atom. The Balaban J connectivity index is 1.27. The summed E-state index contributed by atoms with van der Waals surface area (Å²) in [5.41, 5.74) is 7.73. The van der Waals surface area contributed by atoms with Crippen LogP contribution in [-0.4, -0.2) is 63.5 Å². The third kappa shape index (κ3) is 16.3. The highest BCUT2D eigenvalue weighted by Gasteiger charge is 2.28. The molecule has 3 rings (SSSR count). The average Bonchev–Trinajstić information content (AvgIpc) is 3.52. The zero-order valence-electron chi connectivity index (χ0n) is 29.2. The van der Waals surface area contributed by atoms with Crippen molar-refractivity contribution in [1.29, 1.82) is 0 Å². The summed E-state index contributed by atoms with van der Waals surface area (Å²) in [7, 11) is -3.68. The summed E-state index contributed by atoms with van der Waals surface area (Å²) in [6, 6.07) is 9.47. The van der Waals surface area contributed by atoms with Gasteiger partial charge in [0.2, 0.25) is 0 Å². The Labute approximate surface area is 287 Å². The summed E-state index contributed by atoms with van der Waals surface area (Å²) in [6.45, 7) is 3.34. The van der Waals surface area contributed by atoms with Gasteiger partial charge in [0.15, 0.2) is 11.5 Å². The standard InChI is InChI=1S/C36H60N5O6P/c1-2-3-4-5-6-7-8-9-10-11-12-13-14-15-16-20-23-44-24-25-46-48(43,47-28-32-21-18-17-19-22-32)31-45-33(27-42)26-41-30-40-34-35(37)38-29-39-36(34)41/h17-19,21-22,29-30,33,42H,2-16,20,23-28,31H2,1H3,(H2,37,38,39)/t33-,48?/m0/s1. The molecule has 0 aliphatic rings. The number of anilines is 1. The molecule has 3 aromatic rings. The van der Waals surface area contributed by atoms with Gasteiger partial charge in [-0.1, -0.05) is 134 Å². The number of nitrogens with zero attached hydrogens (tertiary/aromatic N) is 4. The summed E-state index contributed by atoms with van der Waals surface area (Å²) < 4.78 is 38.6. The van der Waals surface area contributed by atoms with Gasteiger partial charge in [0.1, 0.15) is 18.2 Å². The number of fused-ring (bicyclic) bond motifs is 1. The van der Waals surface area contributed by atoms with E-state index in [4.69, 9.17) is 24.3 Å². The second-order valence-electron chi connectivity index (χ2n) is 12.5. The highest BCUT2D eigenvalue weighted by atomic mass is 31.2. The van der Waals surface area contributed by atoms with Gasteiger partial charge in [-0.25, -0.2) is 15.0 Å². The molecule has 0 aliphatic carbocycles. The van der Waals surface area contributed by atoms with Gasteiger partial charge in [0, 0.05) is 6.61 Å². The molecule has 0 saturated heterocycles. The van der Waals surface area contributed by atoms with Crippen molar-refractivity contribution < 1.29 is 28.2 Å². The molecular formula is C36H60N5O6P. The van der Waals surface area contributed by atoms with Crippen LogP contribution < -0.4 is 5.73 Å². The molecule has 2 atom stereocenters. The number of imidazole rings is 1. The lowest BCUT2D eigenvalue weighted by atomic mass is 10.0. The first kappa shape index (κ1) is 40.0. The van der Waals surface area contributed by atoms with E-state index in [0.717, 1.165) is 18.4 Å². The van der Waals surface area contributed by atoms with E-state index >= 15 is 0 Å². The fourth-order valence-corrected chi connectivity index (χ4v) is 6.88. The van der Waals surface area contributed by atoms with Crippen LogP contribution in [0.3, 0.4) is 0 Å². The first-order chi connectivity index (χ1) is 23.5. The molecule has 1 unspecified atom stereocenters. The summed E-state index contributed by atoms with van der Waals surface area (Å²) >= 11 is 0. The molecule has 3 N–H and O–H groups in total. The smallest absolute Gasteiger partial charge is 0.356 e. The maximum atomic E-state index is 13.7. The summed E-state index contributed by atoms with van der Waals surface area (Å²) in [4.78, 5) is 12.4. The van der Waals surface area contributed by atoms with Crippen molar-refractivity contribution in [3.8, 4) is 0 Å². The van der Waals surface area contributed by atoms with Crippen molar-refractivity contribution in [3.05, 3.63) is 48.5 Å². The fourth-order valence-electron chi connectivity index (χ4n) is 5.56. The third-order valence-electron chi connectivity index (χ3n) is 8.43. The van der Waals surface area contributed by atoms with Gasteiger partial charge in [-0.15, -0.1) is 0 Å². The normalized spacial score (nSPS) is 13.6. The van der Waals surface area contributed by atoms with E-state index in [2.05, 4.69) is 21.9 Å². The predicted molar refractivity (Wildman–Crippen MR) is 192 cm³/mol. The minimum atomic E-state index is -3.68. The van der Waals surface area contributed by atoms with E-state index in [1.165, 1.54) is 96.2 Å². The molecule has 270 valence electrons. The van der Waals surface area contributed by atoms with Gasteiger partial charge in [0.05, 0.1) is 45.4 Å². The van der Waals surface area contributed by atoms with E-state index in [1.54, 1.807) is 10.9 Å². The van der Waals surface area contributed by atoms with Crippen LogP contribution in [0.25, 0.3) is 11.2 Å². The minimum absolute atomic E-state index is 0.105. The van der Waals surface area contributed by atoms with Crippen molar-refractivity contribution in [3.63, 3.8) is 0 Å². The molecular weight excluding hydrogens is 629 g/mol. The second-order valence-corrected chi connectivity index (χ2v) is 14.5. The van der Waals surface area contributed by atoms with Gasteiger partial charge < -0.3 is 33.9 Å². The van der Waals surface area contributed by atoms with Crippen LogP contribution in [0.5, 0.6) is 0 Å². The zero-order chi connectivity index (χ0) is 34.1. The van der Waals surface area contributed by atoms with Crippen LogP contribution in [0.2, 0.25) is 0 Å². The molecule has 2 aromatic heterocycles. The minimum Gasteiger partial charge on any atom is -0.394 e. The van der Waals surface area contributed by atoms with Gasteiger partial charge >= 0.3 is 7.60 Å². The van der Waals surface area contributed by atoms with E-state index < -0.39 is 13.7 Å². The van der Waals surface area contributed by atoms with Crippen LogP contribution in [0, 0.1) is 0 Å². The summed E-state index contributed by atoms with van der Waals surface area (Å²) in [5.74, 6) is 0.268. The number of nitrogen functional groups attached to an aromatic ring is 1. The van der Waals surface area contributed by atoms with Gasteiger partial charge in [0.25, 0.3) is 0 Å². The van der Waals surface area contributed by atoms with Crippen LogP contribution in [0.4, 0.5) is 5.82 Å². The van der Waals surface area contributed by atoms with Gasteiger partial charge in [-0.3, -0.25) is 4.57 Å². The number of rotatable bonds is 30. The molecule has 0 spiro atoms. The highest BCUT2D eigenvalue weighted by molar-refractivity contribution is 7.53. The molecule has 0 aliphatic heterocycles. The summed E-state index contributed by atoms with van der Waals surface area (Å²) in [6.07, 6.45) is 23.2. The van der Waals surface area contributed by atoms with Crippen molar-refractivity contribution in [2.75, 3.05) is 38.5 Å². The Kier molecular flexibility index (Phi) is 20.6. The topological polar surface area (TPSA) is 144 Å². The Bertz CT molecular complexity index is 1280. The number of hydrogen-bond donors (Lipinski definition) is 2. The Hall–Kier alpha value is -2.40. The van der Waals surface area contributed by atoms with E-state index in [1.807, 2.05) is 30.3 Å². The van der Waals surface area contributed by atoms with Crippen LogP contribution in [0.15, 0.2) is 43.0 Å². The lowest BCUT2D eigenvalue weighted by Gasteiger charge is -2.22. The van der Waals surface area contributed by atoms with Crippen molar-refractivity contribution in [2.24, 2.45) is 0 Å². The number of ether oxygens (including phenoxy) is 2. The molecule has 48 heavy (non-hydrogen) atoms. The molecule has 11 nitrogen and oxygen atoms in total. The molecule has 0 radical (unpaired) electrons. The van der Waals surface area contributed by atoms with Crippen LogP contribution in [0.1, 0.15) is 115 Å². The van der Waals surface area contributed by atoms with E-state index in [-0.39, 0.29) is 38.5 Å². The van der Waals surface area contributed by atoms with Crippen molar-refractivity contribution in [2.45, 2.75) is 129 Å². The average molecular weight is 690 g/mol. The molecule has 0 fully saturated rings. The monoisotopic (exact) mass is 689 g/mol. The second kappa shape index (κ2) is 24.7. The SMILES string of the molecule is CCCCCCCCCCCCCCCCCCOCCOP(=O)(CO[C@H](CO)Cn1cnc2c(N)ncnc21)OCc1ccccc1. The predicted octanol–water partition coefficient (Wildman–Crippen LogP) is 8.45. The lowest BCUT2D eigenvalue weighted by Crippen LogP contribution is -2.25. The zero-order valence-corrected chi connectivity index (χ0v) is 30.1.